The van der Waals surface area contributed by atoms with E-state index in [0.29, 0.717) is 11.9 Å². The predicted octanol–water partition coefficient (Wildman–Crippen LogP) is 3.39. The van der Waals surface area contributed by atoms with Crippen LogP contribution in [0.5, 0.6) is 0 Å². The van der Waals surface area contributed by atoms with Gasteiger partial charge in [-0.25, -0.2) is 0 Å². The summed E-state index contributed by atoms with van der Waals surface area (Å²) in [6.07, 6.45) is 15.5. The molecule has 0 aromatic rings. The number of carbonyl (C=O) groups is 1. The highest BCUT2D eigenvalue weighted by molar-refractivity contribution is 5.78. The Balaban J connectivity index is 1.56. The molecule has 1 amide bonds. The molecule has 0 saturated heterocycles. The third kappa shape index (κ3) is 5.82. The average Bonchev–Trinajstić information content (AvgIpc) is 2.88. The summed E-state index contributed by atoms with van der Waals surface area (Å²) >= 11 is 0. The topological polar surface area (TPSA) is 41.1 Å². The van der Waals surface area contributed by atoms with Crippen molar-refractivity contribution in [3.63, 3.8) is 0 Å². The minimum atomic E-state index is 0.287. The summed E-state index contributed by atoms with van der Waals surface area (Å²) < 4.78 is 0. The van der Waals surface area contributed by atoms with Crippen LogP contribution in [0.1, 0.15) is 77.0 Å². The lowest BCUT2D eigenvalue weighted by Gasteiger charge is -2.18. The zero-order chi connectivity index (χ0) is 14.0. The van der Waals surface area contributed by atoms with Gasteiger partial charge in [-0.15, -0.1) is 0 Å². The fourth-order valence-electron chi connectivity index (χ4n) is 3.63. The highest BCUT2D eigenvalue weighted by Gasteiger charge is 2.19. The van der Waals surface area contributed by atoms with Gasteiger partial charge in [0.05, 0.1) is 0 Å². The minimum Gasteiger partial charge on any atom is -0.355 e. The fourth-order valence-corrected chi connectivity index (χ4v) is 3.63. The maximum Gasteiger partial charge on any atom is 0.223 e. The summed E-state index contributed by atoms with van der Waals surface area (Å²) in [4.78, 5) is 12.1. The first-order valence-electron chi connectivity index (χ1n) is 8.87. The smallest absolute Gasteiger partial charge is 0.223 e. The van der Waals surface area contributed by atoms with Crippen LogP contribution in [0.25, 0.3) is 0 Å². The van der Waals surface area contributed by atoms with E-state index in [0.717, 1.165) is 25.9 Å². The van der Waals surface area contributed by atoms with E-state index in [4.69, 9.17) is 0 Å². The van der Waals surface area contributed by atoms with Gasteiger partial charge in [-0.2, -0.15) is 0 Å². The van der Waals surface area contributed by atoms with Crippen LogP contribution in [0.4, 0.5) is 0 Å². The Bertz CT molecular complexity index is 264. The van der Waals surface area contributed by atoms with Gasteiger partial charge in [0.25, 0.3) is 0 Å². The number of hydrogen-bond donors (Lipinski definition) is 2. The van der Waals surface area contributed by atoms with Crippen LogP contribution in [0, 0.1) is 5.92 Å². The van der Waals surface area contributed by atoms with Crippen molar-refractivity contribution in [1.82, 2.24) is 10.6 Å². The third-order valence-corrected chi connectivity index (χ3v) is 4.94. The lowest BCUT2D eigenvalue weighted by Crippen LogP contribution is -2.39. The lowest BCUT2D eigenvalue weighted by atomic mass is 9.99. The van der Waals surface area contributed by atoms with Crippen LogP contribution in [-0.4, -0.2) is 25.0 Å². The average molecular weight is 280 g/mol. The van der Waals surface area contributed by atoms with Crippen LogP contribution in [0.3, 0.4) is 0 Å². The Labute approximate surface area is 124 Å². The van der Waals surface area contributed by atoms with Gasteiger partial charge in [-0.05, 0) is 25.7 Å². The molecule has 3 nitrogen and oxygen atoms in total. The van der Waals surface area contributed by atoms with Gasteiger partial charge in [-0.1, -0.05) is 51.4 Å². The lowest BCUT2D eigenvalue weighted by molar-refractivity contribution is -0.125. The summed E-state index contributed by atoms with van der Waals surface area (Å²) in [5.74, 6) is 0.588. The van der Waals surface area contributed by atoms with Crippen molar-refractivity contribution in [2.75, 3.05) is 13.1 Å². The van der Waals surface area contributed by atoms with Crippen molar-refractivity contribution in [3.05, 3.63) is 0 Å². The maximum absolute atomic E-state index is 12.1. The molecule has 3 heteroatoms. The monoisotopic (exact) mass is 280 g/mol. The number of carbonyl (C=O) groups excluding carboxylic acids is 1. The molecular weight excluding hydrogens is 248 g/mol. The van der Waals surface area contributed by atoms with E-state index in [9.17, 15) is 4.79 Å². The Morgan fingerprint density at radius 3 is 1.90 bits per heavy atom. The predicted molar refractivity (Wildman–Crippen MR) is 83.7 cm³/mol. The molecule has 0 spiro atoms. The SMILES string of the molecule is O=C(NCCNC1CCCCCC1)C1CCCCCC1. The van der Waals surface area contributed by atoms with E-state index >= 15 is 0 Å². The van der Waals surface area contributed by atoms with Gasteiger partial charge in [0.1, 0.15) is 0 Å². The van der Waals surface area contributed by atoms with Crippen molar-refractivity contribution in [2.45, 2.75) is 83.1 Å². The molecule has 0 unspecified atom stereocenters. The molecule has 0 aliphatic heterocycles. The van der Waals surface area contributed by atoms with Gasteiger partial charge in [0.2, 0.25) is 5.91 Å². The molecule has 2 rings (SSSR count). The first kappa shape index (κ1) is 15.8. The Kier molecular flexibility index (Phi) is 7.42. The summed E-state index contributed by atoms with van der Waals surface area (Å²) in [7, 11) is 0. The molecule has 20 heavy (non-hydrogen) atoms. The van der Waals surface area contributed by atoms with E-state index < -0.39 is 0 Å². The summed E-state index contributed by atoms with van der Waals surface area (Å²) in [6, 6.07) is 0.687. The molecule has 2 aliphatic carbocycles. The molecular formula is C17H32N2O. The van der Waals surface area contributed by atoms with Crippen molar-refractivity contribution in [2.24, 2.45) is 5.92 Å². The van der Waals surface area contributed by atoms with Crippen molar-refractivity contribution in [3.8, 4) is 0 Å². The molecule has 0 radical (unpaired) electrons. The highest BCUT2D eigenvalue weighted by Crippen LogP contribution is 2.22. The van der Waals surface area contributed by atoms with E-state index in [2.05, 4.69) is 10.6 Å². The van der Waals surface area contributed by atoms with E-state index in [1.165, 1.54) is 64.2 Å². The van der Waals surface area contributed by atoms with Gasteiger partial charge in [0.15, 0.2) is 0 Å². The Morgan fingerprint density at radius 2 is 1.30 bits per heavy atom. The number of rotatable bonds is 5. The standard InChI is InChI=1S/C17H32N2O/c20-17(15-9-5-1-2-6-10-15)19-14-13-18-16-11-7-3-4-8-12-16/h15-16,18H,1-14H2,(H,19,20). The molecule has 0 atom stereocenters. The highest BCUT2D eigenvalue weighted by atomic mass is 16.1. The quantitative estimate of drug-likeness (QED) is 0.599. The summed E-state index contributed by atoms with van der Waals surface area (Å²) in [6.45, 7) is 1.73. The molecule has 0 aromatic carbocycles. The second-order valence-electron chi connectivity index (χ2n) is 6.62. The fraction of sp³-hybridized carbons (Fsp3) is 0.941. The minimum absolute atomic E-state index is 0.287. The molecule has 116 valence electrons. The normalized spacial score (nSPS) is 23.0. The second kappa shape index (κ2) is 9.38. The number of nitrogens with one attached hydrogen (secondary N) is 2. The van der Waals surface area contributed by atoms with Crippen LogP contribution >= 0.6 is 0 Å². The second-order valence-corrected chi connectivity index (χ2v) is 6.62. The summed E-state index contributed by atoms with van der Waals surface area (Å²) in [5, 5.41) is 6.75. The Morgan fingerprint density at radius 1 is 0.750 bits per heavy atom. The van der Waals surface area contributed by atoms with Crippen LogP contribution < -0.4 is 10.6 Å². The molecule has 2 aliphatic rings. The maximum atomic E-state index is 12.1. The van der Waals surface area contributed by atoms with Gasteiger partial charge in [-0.3, -0.25) is 4.79 Å². The Hall–Kier alpha value is -0.570. The van der Waals surface area contributed by atoms with Crippen LogP contribution in [0.15, 0.2) is 0 Å². The molecule has 2 fully saturated rings. The van der Waals surface area contributed by atoms with Crippen molar-refractivity contribution in [1.29, 1.82) is 0 Å². The molecule has 0 aromatic heterocycles. The third-order valence-electron chi connectivity index (χ3n) is 4.94. The van der Waals surface area contributed by atoms with Gasteiger partial charge < -0.3 is 10.6 Å². The zero-order valence-electron chi connectivity index (χ0n) is 13.0. The largest absolute Gasteiger partial charge is 0.355 e. The molecule has 2 N–H and O–H groups in total. The van der Waals surface area contributed by atoms with Gasteiger partial charge in [0, 0.05) is 25.0 Å². The zero-order valence-corrected chi connectivity index (χ0v) is 13.0. The van der Waals surface area contributed by atoms with E-state index in [-0.39, 0.29) is 5.92 Å². The number of amides is 1. The molecule has 0 bridgehead atoms. The van der Waals surface area contributed by atoms with Crippen molar-refractivity contribution >= 4 is 5.91 Å². The summed E-state index contributed by atoms with van der Waals surface area (Å²) in [5.41, 5.74) is 0. The van der Waals surface area contributed by atoms with Crippen LogP contribution in [0.2, 0.25) is 0 Å². The molecule has 0 heterocycles. The van der Waals surface area contributed by atoms with Gasteiger partial charge >= 0.3 is 0 Å². The first-order chi connectivity index (χ1) is 9.86. The first-order valence-corrected chi connectivity index (χ1v) is 8.87. The van der Waals surface area contributed by atoms with E-state index in [1.54, 1.807) is 0 Å². The van der Waals surface area contributed by atoms with Crippen molar-refractivity contribution < 1.29 is 4.79 Å². The number of hydrogen-bond acceptors (Lipinski definition) is 2. The molecule has 2 saturated carbocycles. The van der Waals surface area contributed by atoms with Crippen LogP contribution in [-0.2, 0) is 4.79 Å². The van der Waals surface area contributed by atoms with E-state index in [1.807, 2.05) is 0 Å².